The van der Waals surface area contributed by atoms with Crippen LogP contribution in [0.1, 0.15) is 27.0 Å². The Morgan fingerprint density at radius 2 is 1.70 bits per heavy atom. The summed E-state index contributed by atoms with van der Waals surface area (Å²) in [7, 11) is -0.244. The monoisotopic (exact) mass is 479 g/mol. The van der Waals surface area contributed by atoms with Gasteiger partial charge in [0, 0.05) is 26.2 Å². The highest BCUT2D eigenvalue weighted by Crippen LogP contribution is 2.22. The van der Waals surface area contributed by atoms with Gasteiger partial charge in [-0.3, -0.25) is 4.79 Å². The van der Waals surface area contributed by atoms with Crippen LogP contribution in [-0.4, -0.2) is 30.2 Å². The summed E-state index contributed by atoms with van der Waals surface area (Å²) >= 11 is 1.46. The first-order valence-corrected chi connectivity index (χ1v) is 12.7. The van der Waals surface area contributed by atoms with Crippen molar-refractivity contribution in [2.75, 3.05) is 7.05 Å². The van der Waals surface area contributed by atoms with Gasteiger partial charge in [0.15, 0.2) is 4.80 Å². The van der Waals surface area contributed by atoms with Crippen LogP contribution in [0.5, 0.6) is 0 Å². The average molecular weight is 480 g/mol. The molecule has 0 fully saturated rings. The quantitative estimate of drug-likeness (QED) is 0.425. The molecule has 0 N–H and O–H groups in total. The number of benzene rings is 3. The Morgan fingerprint density at radius 1 is 1.03 bits per heavy atom. The second kappa shape index (κ2) is 9.05. The smallest absolute Gasteiger partial charge is 0.279 e. The largest absolute Gasteiger partial charge is 0.319 e. The zero-order chi connectivity index (χ0) is 23.8. The minimum absolute atomic E-state index is 0.135. The highest BCUT2D eigenvalue weighted by molar-refractivity contribution is 7.89. The number of carbonyl (C=O) groups excluding carboxylic acids is 1. The third kappa shape index (κ3) is 4.68. The van der Waals surface area contributed by atoms with Gasteiger partial charge in [0.25, 0.3) is 5.91 Å². The molecule has 0 aliphatic heterocycles. The van der Waals surface area contributed by atoms with Crippen LogP contribution in [-0.2, 0) is 23.6 Å². The first-order valence-electron chi connectivity index (χ1n) is 10.4. The molecule has 0 saturated carbocycles. The van der Waals surface area contributed by atoms with Crippen LogP contribution >= 0.6 is 11.3 Å². The lowest BCUT2D eigenvalue weighted by atomic mass is 10.1. The van der Waals surface area contributed by atoms with E-state index in [4.69, 9.17) is 0 Å². The fraction of sp³-hybridized carbons (Fsp3) is 0.200. The molecule has 4 rings (SSSR count). The molecule has 1 aromatic heterocycles. The van der Waals surface area contributed by atoms with E-state index in [2.05, 4.69) is 17.1 Å². The lowest BCUT2D eigenvalue weighted by Gasteiger charge is -2.17. The number of carbonyl (C=O) groups is 1. The first-order chi connectivity index (χ1) is 15.7. The van der Waals surface area contributed by atoms with Gasteiger partial charge in [-0.25, -0.2) is 8.42 Å². The summed E-state index contributed by atoms with van der Waals surface area (Å²) in [6, 6.07) is 19.5. The van der Waals surface area contributed by atoms with Crippen LogP contribution in [0.4, 0.5) is 0 Å². The summed E-state index contributed by atoms with van der Waals surface area (Å²) in [6.07, 6.45) is 0. The molecule has 0 bridgehead atoms. The summed E-state index contributed by atoms with van der Waals surface area (Å²) in [4.78, 5) is 17.8. The average Bonchev–Trinajstić information content (AvgIpc) is 3.09. The number of rotatable bonds is 5. The summed E-state index contributed by atoms with van der Waals surface area (Å²) in [5.41, 5.74) is 4.58. The number of sulfonamides is 1. The van der Waals surface area contributed by atoms with Gasteiger partial charge in [-0.05, 0) is 60.9 Å². The van der Waals surface area contributed by atoms with Crippen molar-refractivity contribution in [2.24, 2.45) is 12.0 Å². The van der Waals surface area contributed by atoms with Crippen LogP contribution in [0.3, 0.4) is 0 Å². The zero-order valence-corrected chi connectivity index (χ0v) is 20.6. The van der Waals surface area contributed by atoms with E-state index < -0.39 is 15.9 Å². The second-order valence-electron chi connectivity index (χ2n) is 8.06. The van der Waals surface area contributed by atoms with Crippen molar-refractivity contribution in [3.05, 3.63) is 93.8 Å². The van der Waals surface area contributed by atoms with Crippen LogP contribution in [0.2, 0.25) is 0 Å². The van der Waals surface area contributed by atoms with Crippen molar-refractivity contribution >= 4 is 37.5 Å². The Kier molecular flexibility index (Phi) is 6.34. The molecule has 0 unspecified atom stereocenters. The predicted molar refractivity (Wildman–Crippen MR) is 132 cm³/mol. The van der Waals surface area contributed by atoms with Crippen LogP contribution < -0.4 is 4.80 Å². The molecule has 0 atom stereocenters. The van der Waals surface area contributed by atoms with Gasteiger partial charge in [-0.2, -0.15) is 9.30 Å². The summed E-state index contributed by atoms with van der Waals surface area (Å²) in [5.74, 6) is -0.409. The number of aryl methyl sites for hydroxylation is 3. The van der Waals surface area contributed by atoms with Gasteiger partial charge in [0.1, 0.15) is 0 Å². The van der Waals surface area contributed by atoms with Crippen molar-refractivity contribution < 1.29 is 13.2 Å². The summed E-state index contributed by atoms with van der Waals surface area (Å²) in [5, 5.41) is 0. The molecule has 8 heteroatoms. The Labute approximate surface area is 197 Å². The van der Waals surface area contributed by atoms with E-state index in [9.17, 15) is 13.2 Å². The standard InChI is InChI=1S/C25H25N3O3S2/c1-17-14-18(2)23-22(15-17)32-25(28(23)4)26-24(29)20-10-12-21(13-11-20)33(30,31)27(3)16-19-8-6-5-7-9-19/h5-15H,16H2,1-4H3. The van der Waals surface area contributed by atoms with Crippen LogP contribution in [0.25, 0.3) is 10.2 Å². The Balaban J connectivity index is 1.59. The molecule has 4 aromatic rings. The molecule has 0 aliphatic carbocycles. The van der Waals surface area contributed by atoms with Gasteiger partial charge < -0.3 is 4.57 Å². The van der Waals surface area contributed by atoms with Gasteiger partial charge in [-0.1, -0.05) is 47.7 Å². The Bertz CT molecular complexity index is 1500. The number of hydrogen-bond acceptors (Lipinski definition) is 4. The molecular formula is C25H25N3O3S2. The van der Waals surface area contributed by atoms with E-state index in [1.54, 1.807) is 7.05 Å². The Morgan fingerprint density at radius 3 is 2.36 bits per heavy atom. The van der Waals surface area contributed by atoms with Gasteiger partial charge in [0.2, 0.25) is 10.0 Å². The first kappa shape index (κ1) is 23.1. The predicted octanol–water partition coefficient (Wildman–Crippen LogP) is 4.42. The van der Waals surface area contributed by atoms with E-state index in [1.807, 2.05) is 55.8 Å². The number of nitrogens with zero attached hydrogens (tertiary/aromatic N) is 3. The lowest BCUT2D eigenvalue weighted by molar-refractivity contribution is 0.0998. The van der Waals surface area contributed by atoms with E-state index in [0.29, 0.717) is 10.4 Å². The zero-order valence-electron chi connectivity index (χ0n) is 18.9. The fourth-order valence-corrected chi connectivity index (χ4v) is 6.17. The number of aromatic nitrogens is 1. The third-order valence-corrected chi connectivity index (χ3v) is 8.38. The number of amides is 1. The van der Waals surface area contributed by atoms with Crippen molar-refractivity contribution in [3.63, 3.8) is 0 Å². The molecule has 0 aliphatic rings. The Hall–Kier alpha value is -3.07. The highest BCUT2D eigenvalue weighted by Gasteiger charge is 2.21. The molecule has 3 aromatic carbocycles. The maximum Gasteiger partial charge on any atom is 0.279 e. The van der Waals surface area contributed by atoms with Crippen molar-refractivity contribution in [2.45, 2.75) is 25.3 Å². The second-order valence-corrected chi connectivity index (χ2v) is 11.1. The summed E-state index contributed by atoms with van der Waals surface area (Å²) < 4.78 is 30.1. The minimum Gasteiger partial charge on any atom is -0.319 e. The lowest BCUT2D eigenvalue weighted by Crippen LogP contribution is -2.26. The van der Waals surface area contributed by atoms with E-state index >= 15 is 0 Å². The van der Waals surface area contributed by atoms with E-state index in [0.717, 1.165) is 26.9 Å². The number of fused-ring (bicyclic) bond motifs is 1. The molecule has 0 saturated heterocycles. The number of hydrogen-bond donors (Lipinski definition) is 0. The maximum atomic E-state index is 12.9. The molecular weight excluding hydrogens is 454 g/mol. The van der Waals surface area contributed by atoms with E-state index in [1.165, 1.54) is 39.9 Å². The number of thiazole rings is 1. The van der Waals surface area contributed by atoms with Crippen molar-refractivity contribution in [3.8, 4) is 0 Å². The SMILES string of the molecule is Cc1cc(C)c2c(c1)sc(=NC(=O)c1ccc(S(=O)(=O)N(C)Cc3ccccc3)cc1)n2C. The topological polar surface area (TPSA) is 71.7 Å². The molecule has 1 heterocycles. The molecule has 6 nitrogen and oxygen atoms in total. The molecule has 0 radical (unpaired) electrons. The van der Waals surface area contributed by atoms with Crippen molar-refractivity contribution in [1.82, 2.24) is 8.87 Å². The van der Waals surface area contributed by atoms with Gasteiger partial charge in [-0.15, -0.1) is 0 Å². The minimum atomic E-state index is -3.68. The molecule has 0 spiro atoms. The third-order valence-electron chi connectivity index (χ3n) is 5.49. The highest BCUT2D eigenvalue weighted by atomic mass is 32.2. The van der Waals surface area contributed by atoms with Crippen molar-refractivity contribution in [1.29, 1.82) is 0 Å². The van der Waals surface area contributed by atoms with Crippen LogP contribution in [0.15, 0.2) is 76.6 Å². The van der Waals surface area contributed by atoms with E-state index in [-0.39, 0.29) is 11.4 Å². The van der Waals surface area contributed by atoms with Gasteiger partial charge in [0.05, 0.1) is 15.1 Å². The molecule has 170 valence electrons. The fourth-order valence-electron chi connectivity index (χ4n) is 3.82. The molecule has 33 heavy (non-hydrogen) atoms. The molecule has 1 amide bonds. The van der Waals surface area contributed by atoms with Crippen LogP contribution in [0, 0.1) is 13.8 Å². The van der Waals surface area contributed by atoms with Gasteiger partial charge >= 0.3 is 0 Å². The summed E-state index contributed by atoms with van der Waals surface area (Å²) in [6.45, 7) is 4.35. The maximum absolute atomic E-state index is 12.9. The normalized spacial score (nSPS) is 12.6.